The molecule has 0 aromatic rings. The lowest BCUT2D eigenvalue weighted by molar-refractivity contribution is -0.121. The number of likely N-dealkylation sites (tertiary alicyclic amines) is 1. The minimum absolute atomic E-state index is 0.0853. The molecule has 1 N–H and O–H groups in total. The molecule has 2 aliphatic rings. The molecule has 23 heavy (non-hydrogen) atoms. The van der Waals surface area contributed by atoms with Crippen molar-refractivity contribution in [2.45, 2.75) is 70.6 Å². The Balaban J connectivity index is 1.64. The van der Waals surface area contributed by atoms with Gasteiger partial charge in [-0.1, -0.05) is 6.92 Å². The van der Waals surface area contributed by atoms with Crippen molar-refractivity contribution in [1.29, 1.82) is 0 Å². The number of hydrogen-bond donors (Lipinski definition) is 1. The summed E-state index contributed by atoms with van der Waals surface area (Å²) < 4.78 is 6.02. The fourth-order valence-electron chi connectivity index (χ4n) is 3.48. The van der Waals surface area contributed by atoms with Gasteiger partial charge in [0.15, 0.2) is 0 Å². The zero-order valence-corrected chi connectivity index (χ0v) is 15.6. The van der Waals surface area contributed by atoms with Gasteiger partial charge in [0.05, 0.1) is 24.8 Å². The fraction of sp³-hybridized carbons (Fsp3) is 0.944. The smallest absolute Gasteiger partial charge is 0.317 e. The van der Waals surface area contributed by atoms with Crippen molar-refractivity contribution in [3.8, 4) is 0 Å². The van der Waals surface area contributed by atoms with Crippen LogP contribution in [0.3, 0.4) is 0 Å². The highest BCUT2D eigenvalue weighted by molar-refractivity contribution is 5.75. The van der Waals surface area contributed by atoms with E-state index in [1.165, 1.54) is 19.4 Å². The Morgan fingerprint density at radius 3 is 2.35 bits per heavy atom. The van der Waals surface area contributed by atoms with Gasteiger partial charge in [-0.05, 0) is 66.0 Å². The molecule has 2 fully saturated rings. The van der Waals surface area contributed by atoms with Crippen LogP contribution in [0.5, 0.6) is 0 Å². The summed E-state index contributed by atoms with van der Waals surface area (Å²) in [7, 11) is 4.27. The van der Waals surface area contributed by atoms with E-state index < -0.39 is 0 Å². The summed E-state index contributed by atoms with van der Waals surface area (Å²) in [6, 6.07) is 0.447. The van der Waals surface area contributed by atoms with Crippen LogP contribution in [0.4, 0.5) is 4.79 Å². The quantitative estimate of drug-likeness (QED) is 0.817. The van der Waals surface area contributed by atoms with E-state index in [0.717, 1.165) is 38.3 Å². The third-order valence-electron chi connectivity index (χ3n) is 5.27. The molecule has 0 bridgehead atoms. The van der Waals surface area contributed by atoms with Crippen LogP contribution in [0.2, 0.25) is 0 Å². The Morgan fingerprint density at radius 1 is 1.22 bits per heavy atom. The number of nitrogens with one attached hydrogen (secondary N) is 1. The molecule has 0 radical (unpaired) electrons. The Bertz CT molecular complexity index is 384. The number of urea groups is 1. The lowest BCUT2D eigenvalue weighted by Gasteiger charge is -2.43. The predicted octanol–water partition coefficient (Wildman–Crippen LogP) is 2.71. The van der Waals surface area contributed by atoms with Crippen molar-refractivity contribution in [2.24, 2.45) is 5.92 Å². The van der Waals surface area contributed by atoms with Gasteiger partial charge in [-0.2, -0.15) is 0 Å². The van der Waals surface area contributed by atoms with E-state index in [4.69, 9.17) is 4.74 Å². The van der Waals surface area contributed by atoms with Crippen LogP contribution in [-0.2, 0) is 4.74 Å². The van der Waals surface area contributed by atoms with Crippen molar-refractivity contribution in [2.75, 3.05) is 33.7 Å². The summed E-state index contributed by atoms with van der Waals surface area (Å²) in [6.07, 6.45) is 5.86. The van der Waals surface area contributed by atoms with E-state index in [9.17, 15) is 4.79 Å². The first-order chi connectivity index (χ1) is 10.8. The molecule has 0 unspecified atom stereocenters. The molecule has 1 saturated heterocycles. The second kappa shape index (κ2) is 7.84. The summed E-state index contributed by atoms with van der Waals surface area (Å²) >= 11 is 0. The summed E-state index contributed by atoms with van der Waals surface area (Å²) in [5, 5.41) is 3.21. The van der Waals surface area contributed by atoms with Crippen LogP contribution in [0, 0.1) is 5.92 Å². The maximum Gasteiger partial charge on any atom is 0.317 e. The van der Waals surface area contributed by atoms with Gasteiger partial charge in [0.1, 0.15) is 0 Å². The third-order valence-corrected chi connectivity index (χ3v) is 5.27. The highest BCUT2D eigenvalue weighted by atomic mass is 16.5. The molecule has 134 valence electrons. The van der Waals surface area contributed by atoms with Crippen LogP contribution < -0.4 is 5.32 Å². The first kappa shape index (κ1) is 18.5. The molecule has 0 aromatic carbocycles. The van der Waals surface area contributed by atoms with Crippen LogP contribution in [0.15, 0.2) is 0 Å². The van der Waals surface area contributed by atoms with Gasteiger partial charge in [-0.15, -0.1) is 0 Å². The van der Waals surface area contributed by atoms with Crippen molar-refractivity contribution < 1.29 is 9.53 Å². The molecule has 2 rings (SSSR count). The SMILES string of the molecule is CCC(C)(C)OC1CN(C(=O)NC2CCC(CN(C)C)CC2)C1. The summed E-state index contributed by atoms with van der Waals surface area (Å²) in [5.74, 6) is 0.788. The van der Waals surface area contributed by atoms with E-state index in [2.05, 4.69) is 45.1 Å². The standard InChI is InChI=1S/C18H35N3O2/c1-6-18(2,3)23-16-12-21(13-16)17(22)19-15-9-7-14(8-10-15)11-20(4)5/h14-16H,6-13H2,1-5H3,(H,19,22). The van der Waals surface area contributed by atoms with E-state index >= 15 is 0 Å². The fourth-order valence-corrected chi connectivity index (χ4v) is 3.48. The summed E-state index contributed by atoms with van der Waals surface area (Å²) in [6.45, 7) is 8.98. The third kappa shape index (κ3) is 5.64. The minimum atomic E-state index is -0.0853. The lowest BCUT2D eigenvalue weighted by atomic mass is 9.86. The number of nitrogens with zero attached hydrogens (tertiary/aromatic N) is 2. The Kier molecular flexibility index (Phi) is 6.32. The molecule has 5 nitrogen and oxygen atoms in total. The van der Waals surface area contributed by atoms with Crippen molar-refractivity contribution in [1.82, 2.24) is 15.1 Å². The van der Waals surface area contributed by atoms with Gasteiger partial charge >= 0.3 is 6.03 Å². The zero-order chi connectivity index (χ0) is 17.0. The van der Waals surface area contributed by atoms with E-state index in [-0.39, 0.29) is 17.7 Å². The number of hydrogen-bond acceptors (Lipinski definition) is 3. The number of carbonyl (C=O) groups is 1. The normalized spacial score (nSPS) is 26.3. The van der Waals surface area contributed by atoms with E-state index in [1.807, 2.05) is 4.90 Å². The van der Waals surface area contributed by atoms with Crippen LogP contribution >= 0.6 is 0 Å². The molecule has 1 saturated carbocycles. The number of amides is 2. The topological polar surface area (TPSA) is 44.8 Å². The Morgan fingerprint density at radius 2 is 1.83 bits per heavy atom. The molecule has 0 spiro atoms. The molecule has 2 amide bonds. The number of carbonyl (C=O) groups excluding carboxylic acids is 1. The number of rotatable bonds is 6. The second-order valence-corrected chi connectivity index (χ2v) is 8.19. The highest BCUT2D eigenvalue weighted by Crippen LogP contribution is 2.26. The van der Waals surface area contributed by atoms with Crippen molar-refractivity contribution in [3.05, 3.63) is 0 Å². The van der Waals surface area contributed by atoms with Gasteiger partial charge in [-0.25, -0.2) is 4.79 Å². The predicted molar refractivity (Wildman–Crippen MR) is 93.6 cm³/mol. The van der Waals surface area contributed by atoms with Gasteiger partial charge in [-0.3, -0.25) is 0 Å². The summed E-state index contributed by atoms with van der Waals surface area (Å²) in [5.41, 5.74) is -0.0853. The zero-order valence-electron chi connectivity index (χ0n) is 15.6. The lowest BCUT2D eigenvalue weighted by Crippen LogP contribution is -2.60. The van der Waals surface area contributed by atoms with Gasteiger partial charge in [0, 0.05) is 12.6 Å². The molecule has 1 heterocycles. The van der Waals surface area contributed by atoms with E-state index in [0.29, 0.717) is 6.04 Å². The summed E-state index contributed by atoms with van der Waals surface area (Å²) in [4.78, 5) is 16.4. The first-order valence-corrected chi connectivity index (χ1v) is 9.17. The first-order valence-electron chi connectivity index (χ1n) is 9.17. The average molecular weight is 325 g/mol. The van der Waals surface area contributed by atoms with Crippen LogP contribution in [-0.4, -0.2) is 67.3 Å². The molecular formula is C18H35N3O2. The highest BCUT2D eigenvalue weighted by Gasteiger charge is 2.35. The molecule has 5 heteroatoms. The largest absolute Gasteiger partial charge is 0.369 e. The molecule has 0 aromatic heterocycles. The maximum absolute atomic E-state index is 12.3. The maximum atomic E-state index is 12.3. The molecular weight excluding hydrogens is 290 g/mol. The van der Waals surface area contributed by atoms with Gasteiger partial charge < -0.3 is 19.9 Å². The van der Waals surface area contributed by atoms with Gasteiger partial charge in [0.25, 0.3) is 0 Å². The van der Waals surface area contributed by atoms with Crippen LogP contribution in [0.25, 0.3) is 0 Å². The molecule has 0 atom stereocenters. The van der Waals surface area contributed by atoms with Crippen molar-refractivity contribution in [3.63, 3.8) is 0 Å². The monoisotopic (exact) mass is 325 g/mol. The molecule has 1 aliphatic carbocycles. The minimum Gasteiger partial charge on any atom is -0.369 e. The Hall–Kier alpha value is -0.810. The number of ether oxygens (including phenoxy) is 1. The van der Waals surface area contributed by atoms with Crippen molar-refractivity contribution >= 4 is 6.03 Å². The molecule has 1 aliphatic heterocycles. The van der Waals surface area contributed by atoms with Crippen LogP contribution in [0.1, 0.15) is 52.9 Å². The Labute approximate surface area is 141 Å². The average Bonchev–Trinajstić information content (AvgIpc) is 2.44. The van der Waals surface area contributed by atoms with E-state index in [1.54, 1.807) is 0 Å². The van der Waals surface area contributed by atoms with Gasteiger partial charge in [0.2, 0.25) is 0 Å². The second-order valence-electron chi connectivity index (χ2n) is 8.19.